The molecule has 1 N–H and O–H groups in total. The number of amides is 1. The van der Waals surface area contributed by atoms with E-state index in [-0.39, 0.29) is 23.0 Å². The molecule has 0 fully saturated rings. The zero-order valence-electron chi connectivity index (χ0n) is 13.9. The Labute approximate surface area is 148 Å². The van der Waals surface area contributed by atoms with Crippen molar-refractivity contribution in [2.24, 2.45) is 0 Å². The SMILES string of the molecule is COc1ccc(F)c(F)c1-c1nccn1-c1ccc2c(c1)C(=O)NCC2. The Hall–Kier alpha value is -3.22. The lowest BCUT2D eigenvalue weighted by atomic mass is 9.99. The zero-order valence-corrected chi connectivity index (χ0v) is 13.9. The summed E-state index contributed by atoms with van der Waals surface area (Å²) in [6, 6.07) is 7.78. The van der Waals surface area contributed by atoms with Crippen molar-refractivity contribution in [2.45, 2.75) is 6.42 Å². The monoisotopic (exact) mass is 355 g/mol. The summed E-state index contributed by atoms with van der Waals surface area (Å²) >= 11 is 0. The van der Waals surface area contributed by atoms with Crippen LogP contribution in [0.15, 0.2) is 42.7 Å². The average Bonchev–Trinajstić information content (AvgIpc) is 3.13. The molecule has 0 unspecified atom stereocenters. The Kier molecular flexibility index (Phi) is 3.91. The predicted octanol–water partition coefficient (Wildman–Crippen LogP) is 3.11. The number of benzene rings is 2. The summed E-state index contributed by atoms with van der Waals surface area (Å²) < 4.78 is 35.0. The van der Waals surface area contributed by atoms with Crippen LogP contribution in [0.2, 0.25) is 0 Å². The molecule has 1 aliphatic heterocycles. The fourth-order valence-electron chi connectivity index (χ4n) is 3.16. The highest BCUT2D eigenvalue weighted by molar-refractivity contribution is 5.97. The van der Waals surface area contributed by atoms with Crippen molar-refractivity contribution in [2.75, 3.05) is 13.7 Å². The van der Waals surface area contributed by atoms with Crippen LogP contribution in [0.3, 0.4) is 0 Å². The van der Waals surface area contributed by atoms with Gasteiger partial charge in [0.05, 0.1) is 12.7 Å². The largest absolute Gasteiger partial charge is 0.496 e. The molecular formula is C19H15F2N3O2. The number of carbonyl (C=O) groups is 1. The van der Waals surface area contributed by atoms with Gasteiger partial charge in [0.25, 0.3) is 5.91 Å². The summed E-state index contributed by atoms with van der Waals surface area (Å²) in [7, 11) is 1.38. The number of fused-ring (bicyclic) bond motifs is 1. The van der Waals surface area contributed by atoms with Crippen LogP contribution in [0.4, 0.5) is 8.78 Å². The number of nitrogens with zero attached hydrogens (tertiary/aromatic N) is 2. The Morgan fingerprint density at radius 1 is 1.23 bits per heavy atom. The lowest BCUT2D eigenvalue weighted by molar-refractivity contribution is 0.0946. The second kappa shape index (κ2) is 6.25. The van der Waals surface area contributed by atoms with Crippen LogP contribution in [-0.4, -0.2) is 29.1 Å². The predicted molar refractivity (Wildman–Crippen MR) is 91.5 cm³/mol. The molecule has 0 spiro atoms. The lowest BCUT2D eigenvalue weighted by Crippen LogP contribution is -2.31. The minimum atomic E-state index is -1.03. The molecule has 1 amide bonds. The van der Waals surface area contributed by atoms with Gasteiger partial charge in [0.15, 0.2) is 17.5 Å². The summed E-state index contributed by atoms with van der Waals surface area (Å²) in [4.78, 5) is 16.3. The molecule has 3 aromatic rings. The van der Waals surface area contributed by atoms with Gasteiger partial charge in [0.1, 0.15) is 5.75 Å². The van der Waals surface area contributed by atoms with Crippen molar-refractivity contribution in [1.82, 2.24) is 14.9 Å². The lowest BCUT2D eigenvalue weighted by Gasteiger charge is -2.18. The van der Waals surface area contributed by atoms with E-state index >= 15 is 0 Å². The average molecular weight is 355 g/mol. The molecule has 0 saturated carbocycles. The summed E-state index contributed by atoms with van der Waals surface area (Å²) in [5, 5.41) is 2.80. The Morgan fingerprint density at radius 3 is 2.88 bits per heavy atom. The van der Waals surface area contributed by atoms with E-state index in [2.05, 4.69) is 10.3 Å². The fraction of sp³-hybridized carbons (Fsp3) is 0.158. The van der Waals surface area contributed by atoms with E-state index in [9.17, 15) is 13.6 Å². The van der Waals surface area contributed by atoms with Crippen molar-refractivity contribution in [1.29, 1.82) is 0 Å². The highest BCUT2D eigenvalue weighted by Gasteiger charge is 2.22. The standard InChI is InChI=1S/C19H15F2N3O2/c1-26-15-5-4-14(20)17(21)16(15)18-22-8-9-24(18)12-3-2-11-6-7-23-19(25)13(11)10-12/h2-5,8-10H,6-7H2,1H3,(H,23,25). The Morgan fingerprint density at radius 2 is 2.08 bits per heavy atom. The number of imidazole rings is 1. The molecule has 2 heterocycles. The molecule has 7 heteroatoms. The van der Waals surface area contributed by atoms with Crippen LogP contribution in [0.5, 0.6) is 5.75 Å². The number of ether oxygens (including phenoxy) is 1. The molecule has 0 radical (unpaired) electrons. The molecule has 4 rings (SSSR count). The van der Waals surface area contributed by atoms with Crippen LogP contribution >= 0.6 is 0 Å². The number of hydrogen-bond acceptors (Lipinski definition) is 3. The first kappa shape index (κ1) is 16.3. The van der Waals surface area contributed by atoms with Gasteiger partial charge in [-0.2, -0.15) is 0 Å². The molecule has 2 aromatic carbocycles. The first-order valence-electron chi connectivity index (χ1n) is 8.07. The molecule has 0 bridgehead atoms. The van der Waals surface area contributed by atoms with Crippen molar-refractivity contribution in [3.05, 3.63) is 65.5 Å². The van der Waals surface area contributed by atoms with Gasteiger partial charge in [0, 0.05) is 30.2 Å². The minimum Gasteiger partial charge on any atom is -0.496 e. The van der Waals surface area contributed by atoms with Gasteiger partial charge < -0.3 is 10.1 Å². The molecule has 0 saturated heterocycles. The van der Waals surface area contributed by atoms with E-state index in [0.717, 1.165) is 18.1 Å². The topological polar surface area (TPSA) is 56.2 Å². The van der Waals surface area contributed by atoms with Crippen LogP contribution in [0.1, 0.15) is 15.9 Å². The summed E-state index contributed by atoms with van der Waals surface area (Å²) in [6.07, 6.45) is 3.87. The van der Waals surface area contributed by atoms with Crippen LogP contribution in [-0.2, 0) is 6.42 Å². The maximum absolute atomic E-state index is 14.5. The third-order valence-electron chi connectivity index (χ3n) is 4.44. The highest BCUT2D eigenvalue weighted by atomic mass is 19.2. The van der Waals surface area contributed by atoms with E-state index < -0.39 is 11.6 Å². The van der Waals surface area contributed by atoms with Crippen LogP contribution in [0.25, 0.3) is 17.1 Å². The molecule has 1 aromatic heterocycles. The Balaban J connectivity index is 1.89. The number of carbonyl (C=O) groups excluding carboxylic acids is 1. The van der Waals surface area contributed by atoms with Crippen LogP contribution in [0, 0.1) is 11.6 Å². The van der Waals surface area contributed by atoms with E-state index in [1.807, 2.05) is 12.1 Å². The maximum Gasteiger partial charge on any atom is 0.251 e. The van der Waals surface area contributed by atoms with E-state index in [0.29, 0.717) is 17.8 Å². The quantitative estimate of drug-likeness (QED) is 0.785. The molecule has 5 nitrogen and oxygen atoms in total. The minimum absolute atomic E-state index is 0.0697. The van der Waals surface area contributed by atoms with Gasteiger partial charge in [-0.3, -0.25) is 9.36 Å². The molecule has 1 aliphatic rings. The summed E-state index contributed by atoms with van der Waals surface area (Å²) in [6.45, 7) is 0.604. The highest BCUT2D eigenvalue weighted by Crippen LogP contribution is 2.34. The number of aromatic nitrogens is 2. The number of rotatable bonds is 3. The maximum atomic E-state index is 14.5. The van der Waals surface area contributed by atoms with Gasteiger partial charge in [-0.15, -0.1) is 0 Å². The van der Waals surface area contributed by atoms with Gasteiger partial charge in [-0.1, -0.05) is 6.07 Å². The van der Waals surface area contributed by atoms with E-state index in [1.54, 1.807) is 16.8 Å². The molecule has 132 valence electrons. The van der Waals surface area contributed by atoms with Gasteiger partial charge in [0.2, 0.25) is 0 Å². The second-order valence-corrected chi connectivity index (χ2v) is 5.91. The van der Waals surface area contributed by atoms with Crippen molar-refractivity contribution in [3.8, 4) is 22.8 Å². The van der Waals surface area contributed by atoms with Crippen molar-refractivity contribution in [3.63, 3.8) is 0 Å². The molecular weight excluding hydrogens is 340 g/mol. The number of nitrogens with one attached hydrogen (secondary N) is 1. The third-order valence-corrected chi connectivity index (χ3v) is 4.44. The molecule has 26 heavy (non-hydrogen) atoms. The van der Waals surface area contributed by atoms with Gasteiger partial charge in [-0.05, 0) is 36.2 Å². The number of hydrogen-bond donors (Lipinski definition) is 1. The van der Waals surface area contributed by atoms with Crippen LogP contribution < -0.4 is 10.1 Å². The van der Waals surface area contributed by atoms with Crippen molar-refractivity contribution >= 4 is 5.91 Å². The summed E-state index contributed by atoms with van der Waals surface area (Å²) in [5.41, 5.74) is 2.08. The first-order chi connectivity index (χ1) is 12.6. The smallest absolute Gasteiger partial charge is 0.251 e. The Bertz CT molecular complexity index is 1010. The molecule has 0 aliphatic carbocycles. The van der Waals surface area contributed by atoms with Gasteiger partial charge in [-0.25, -0.2) is 13.8 Å². The number of halogens is 2. The van der Waals surface area contributed by atoms with Crippen molar-refractivity contribution < 1.29 is 18.3 Å². The first-order valence-corrected chi connectivity index (χ1v) is 8.07. The number of methoxy groups -OCH3 is 1. The van der Waals surface area contributed by atoms with Gasteiger partial charge >= 0.3 is 0 Å². The second-order valence-electron chi connectivity index (χ2n) is 5.91. The van der Waals surface area contributed by atoms with E-state index in [4.69, 9.17) is 4.74 Å². The summed E-state index contributed by atoms with van der Waals surface area (Å²) in [5.74, 6) is -1.81. The van der Waals surface area contributed by atoms with E-state index in [1.165, 1.54) is 19.4 Å². The molecule has 0 atom stereocenters. The zero-order chi connectivity index (χ0) is 18.3. The normalized spacial score (nSPS) is 13.3. The fourth-order valence-corrected chi connectivity index (χ4v) is 3.16. The third kappa shape index (κ3) is 2.52.